The highest BCUT2D eigenvalue weighted by atomic mass is 16.5. The fourth-order valence-corrected chi connectivity index (χ4v) is 1.97. The van der Waals surface area contributed by atoms with Crippen LogP contribution >= 0.6 is 0 Å². The first-order chi connectivity index (χ1) is 10.2. The lowest BCUT2D eigenvalue weighted by Crippen LogP contribution is -2.26. The van der Waals surface area contributed by atoms with Crippen molar-refractivity contribution >= 4 is 5.97 Å². The Hall–Kier alpha value is -2.20. The summed E-state index contributed by atoms with van der Waals surface area (Å²) in [6, 6.07) is 13.7. The number of carbonyl (C=O) groups is 1. The number of nitrogens with one attached hydrogen (secondary N) is 1. The van der Waals surface area contributed by atoms with Gasteiger partial charge >= 0.3 is 5.97 Å². The van der Waals surface area contributed by atoms with Crippen LogP contribution in [-0.2, 0) is 22.6 Å². The molecule has 0 radical (unpaired) electrons. The smallest absolute Gasteiger partial charge is 0.320 e. The van der Waals surface area contributed by atoms with E-state index in [2.05, 4.69) is 16.4 Å². The minimum atomic E-state index is -0.232. The number of hydrogen-bond acceptors (Lipinski definition) is 4. The zero-order chi connectivity index (χ0) is 14.9. The van der Waals surface area contributed by atoms with Crippen molar-refractivity contribution in [2.24, 2.45) is 0 Å². The highest BCUT2D eigenvalue weighted by Crippen LogP contribution is 2.01. The molecule has 21 heavy (non-hydrogen) atoms. The fourth-order valence-electron chi connectivity index (χ4n) is 1.97. The van der Waals surface area contributed by atoms with Crippen LogP contribution in [0.5, 0.6) is 0 Å². The van der Waals surface area contributed by atoms with E-state index in [9.17, 15) is 4.79 Å². The molecule has 1 heterocycles. The van der Waals surface area contributed by atoms with E-state index in [-0.39, 0.29) is 12.5 Å². The van der Waals surface area contributed by atoms with Crippen molar-refractivity contribution in [2.45, 2.75) is 20.0 Å². The van der Waals surface area contributed by atoms with E-state index >= 15 is 0 Å². The molecule has 110 valence electrons. The minimum absolute atomic E-state index is 0.232. The summed E-state index contributed by atoms with van der Waals surface area (Å²) in [7, 11) is 0. The molecule has 1 N–H and O–H groups in total. The lowest BCUT2D eigenvalue weighted by Gasteiger charge is -2.07. The highest BCUT2D eigenvalue weighted by Gasteiger charge is 2.02. The third-order valence-corrected chi connectivity index (χ3v) is 3.06. The van der Waals surface area contributed by atoms with Gasteiger partial charge in [-0.15, -0.1) is 0 Å². The van der Waals surface area contributed by atoms with Crippen LogP contribution < -0.4 is 5.32 Å². The van der Waals surface area contributed by atoms with Gasteiger partial charge in [0, 0.05) is 11.9 Å². The number of pyridine rings is 1. The first-order valence-corrected chi connectivity index (χ1v) is 7.06. The minimum Gasteiger partial charge on any atom is -0.460 e. The van der Waals surface area contributed by atoms with Gasteiger partial charge in [0.25, 0.3) is 0 Å². The maximum atomic E-state index is 11.6. The second kappa shape index (κ2) is 8.17. The van der Waals surface area contributed by atoms with Gasteiger partial charge in [0.1, 0.15) is 6.61 Å². The quantitative estimate of drug-likeness (QED) is 0.626. The molecule has 0 aliphatic rings. The van der Waals surface area contributed by atoms with Crippen molar-refractivity contribution in [1.29, 1.82) is 0 Å². The number of nitrogens with zero attached hydrogens (tertiary/aromatic N) is 1. The van der Waals surface area contributed by atoms with E-state index in [1.165, 1.54) is 5.56 Å². The largest absolute Gasteiger partial charge is 0.460 e. The molecule has 4 nitrogen and oxygen atoms in total. The van der Waals surface area contributed by atoms with Crippen molar-refractivity contribution in [3.05, 3.63) is 65.5 Å². The first-order valence-electron chi connectivity index (χ1n) is 7.06. The Bertz CT molecular complexity index is 570. The molecule has 0 unspecified atom stereocenters. The Balaban J connectivity index is 1.61. The van der Waals surface area contributed by atoms with Crippen molar-refractivity contribution in [3.63, 3.8) is 0 Å². The summed E-state index contributed by atoms with van der Waals surface area (Å²) >= 11 is 0. The Labute approximate surface area is 125 Å². The molecule has 0 fully saturated rings. The summed E-state index contributed by atoms with van der Waals surface area (Å²) in [4.78, 5) is 15.7. The molecule has 0 saturated carbocycles. The molecule has 1 aromatic heterocycles. The Morgan fingerprint density at radius 3 is 2.76 bits per heavy atom. The van der Waals surface area contributed by atoms with Gasteiger partial charge < -0.3 is 10.1 Å². The average molecular weight is 284 g/mol. The van der Waals surface area contributed by atoms with Crippen LogP contribution in [0, 0.1) is 6.92 Å². The Morgan fingerprint density at radius 1 is 1.19 bits per heavy atom. The summed E-state index contributed by atoms with van der Waals surface area (Å²) in [5, 5.41) is 3.09. The van der Waals surface area contributed by atoms with Gasteiger partial charge in [-0.1, -0.05) is 30.3 Å². The second-order valence-electron chi connectivity index (χ2n) is 4.88. The molecule has 0 atom stereocenters. The van der Waals surface area contributed by atoms with E-state index in [1.54, 1.807) is 6.20 Å². The molecule has 2 aromatic rings. The SMILES string of the molecule is Cc1cc(CCNCC(=O)OCc2ccccc2)ccn1. The molecular formula is C17H20N2O2. The van der Waals surface area contributed by atoms with Crippen molar-refractivity contribution in [2.75, 3.05) is 13.1 Å². The number of aryl methyl sites for hydroxylation is 1. The molecular weight excluding hydrogens is 264 g/mol. The van der Waals surface area contributed by atoms with Crippen molar-refractivity contribution in [3.8, 4) is 0 Å². The summed E-state index contributed by atoms with van der Waals surface area (Å²) in [6.07, 6.45) is 2.67. The molecule has 1 aromatic carbocycles. The molecule has 0 aliphatic heterocycles. The zero-order valence-corrected chi connectivity index (χ0v) is 12.2. The van der Waals surface area contributed by atoms with Crippen LogP contribution in [0.3, 0.4) is 0 Å². The molecule has 2 rings (SSSR count). The number of esters is 1. The number of benzene rings is 1. The molecule has 0 bridgehead atoms. The first kappa shape index (κ1) is 15.2. The van der Waals surface area contributed by atoms with Gasteiger partial charge in [-0.05, 0) is 43.1 Å². The van der Waals surface area contributed by atoms with Crippen LogP contribution in [0.15, 0.2) is 48.7 Å². The van der Waals surface area contributed by atoms with Gasteiger partial charge in [-0.3, -0.25) is 9.78 Å². The fraction of sp³-hybridized carbons (Fsp3) is 0.294. The van der Waals surface area contributed by atoms with E-state index in [0.29, 0.717) is 6.61 Å². The van der Waals surface area contributed by atoms with Crippen molar-refractivity contribution < 1.29 is 9.53 Å². The van der Waals surface area contributed by atoms with Gasteiger partial charge in [0.2, 0.25) is 0 Å². The predicted molar refractivity (Wildman–Crippen MR) is 81.8 cm³/mol. The highest BCUT2D eigenvalue weighted by molar-refractivity contribution is 5.71. The van der Waals surface area contributed by atoms with Gasteiger partial charge in [-0.2, -0.15) is 0 Å². The maximum Gasteiger partial charge on any atom is 0.320 e. The maximum absolute atomic E-state index is 11.6. The van der Waals surface area contributed by atoms with E-state index in [1.807, 2.05) is 43.3 Å². The topological polar surface area (TPSA) is 51.2 Å². The summed E-state index contributed by atoms with van der Waals surface area (Å²) < 4.78 is 5.19. The number of carbonyl (C=O) groups excluding carboxylic acids is 1. The third kappa shape index (κ3) is 5.75. The summed E-state index contributed by atoms with van der Waals surface area (Å²) in [5.41, 5.74) is 3.22. The normalized spacial score (nSPS) is 10.3. The van der Waals surface area contributed by atoms with Crippen LogP contribution in [0.4, 0.5) is 0 Å². The molecule has 0 spiro atoms. The van der Waals surface area contributed by atoms with Gasteiger partial charge in [0.05, 0.1) is 6.54 Å². The predicted octanol–water partition coefficient (Wildman–Crippen LogP) is 2.27. The van der Waals surface area contributed by atoms with Crippen LogP contribution in [0.25, 0.3) is 0 Å². The molecule has 0 saturated heterocycles. The summed E-state index contributed by atoms with van der Waals surface area (Å²) in [6.45, 7) is 3.27. The van der Waals surface area contributed by atoms with E-state index in [0.717, 1.165) is 24.2 Å². The Kier molecular flexibility index (Phi) is 5.91. The molecule has 4 heteroatoms. The van der Waals surface area contributed by atoms with Crippen LogP contribution in [0.2, 0.25) is 0 Å². The van der Waals surface area contributed by atoms with Crippen molar-refractivity contribution in [1.82, 2.24) is 10.3 Å². The third-order valence-electron chi connectivity index (χ3n) is 3.06. The molecule has 0 amide bonds. The lowest BCUT2D eigenvalue weighted by molar-refractivity contribution is -0.143. The second-order valence-corrected chi connectivity index (χ2v) is 4.88. The number of hydrogen-bond donors (Lipinski definition) is 1. The summed E-state index contributed by atoms with van der Waals surface area (Å²) in [5.74, 6) is -0.232. The lowest BCUT2D eigenvalue weighted by atomic mass is 10.2. The van der Waals surface area contributed by atoms with Gasteiger partial charge in [-0.25, -0.2) is 0 Å². The molecule has 0 aliphatic carbocycles. The Morgan fingerprint density at radius 2 is 2.00 bits per heavy atom. The van der Waals surface area contributed by atoms with E-state index < -0.39 is 0 Å². The van der Waals surface area contributed by atoms with Gasteiger partial charge in [0.15, 0.2) is 0 Å². The van der Waals surface area contributed by atoms with E-state index in [4.69, 9.17) is 4.74 Å². The number of aromatic nitrogens is 1. The van der Waals surface area contributed by atoms with Crippen LogP contribution in [0.1, 0.15) is 16.8 Å². The zero-order valence-electron chi connectivity index (χ0n) is 12.2. The average Bonchev–Trinajstić information content (AvgIpc) is 2.51. The number of rotatable bonds is 7. The van der Waals surface area contributed by atoms with Crippen LogP contribution in [-0.4, -0.2) is 24.0 Å². The monoisotopic (exact) mass is 284 g/mol. The number of ether oxygens (including phenoxy) is 1. The standard InChI is InChI=1S/C17H20N2O2/c1-14-11-15(8-10-19-14)7-9-18-12-17(20)21-13-16-5-3-2-4-6-16/h2-6,8,10-11,18H,7,9,12-13H2,1H3.